The van der Waals surface area contributed by atoms with Crippen LogP contribution in [0.1, 0.15) is 27.4 Å². The Balaban J connectivity index is 1.28. The maximum Gasteiger partial charge on any atom is 0.407 e. The molecule has 0 radical (unpaired) electrons. The number of carboxylic acids is 1. The first-order chi connectivity index (χ1) is 17.0. The van der Waals surface area contributed by atoms with E-state index in [1.165, 1.54) is 22.9 Å². The van der Waals surface area contributed by atoms with Crippen LogP contribution in [-0.2, 0) is 20.8 Å². The maximum atomic E-state index is 13.2. The van der Waals surface area contributed by atoms with E-state index in [0.717, 1.165) is 22.3 Å². The number of carbonyl (C=O) groups excluding carboxylic acids is 2. The minimum atomic E-state index is -1.18. The van der Waals surface area contributed by atoms with E-state index < -0.39 is 24.0 Å². The molecule has 0 spiro atoms. The van der Waals surface area contributed by atoms with Gasteiger partial charge in [-0.1, -0.05) is 48.5 Å². The number of aromatic carboxylic acids is 1. The molecule has 2 N–H and O–H groups in total. The molecule has 2 aliphatic rings. The highest BCUT2D eigenvalue weighted by molar-refractivity contribution is 6.04. The van der Waals surface area contributed by atoms with Crippen molar-refractivity contribution in [3.8, 4) is 11.1 Å². The van der Waals surface area contributed by atoms with Crippen molar-refractivity contribution in [3.63, 3.8) is 0 Å². The molecule has 2 aromatic carbocycles. The van der Waals surface area contributed by atoms with Crippen molar-refractivity contribution in [2.75, 3.05) is 31.8 Å². The molecule has 180 valence electrons. The van der Waals surface area contributed by atoms with Crippen molar-refractivity contribution in [3.05, 3.63) is 71.4 Å². The van der Waals surface area contributed by atoms with Crippen molar-refractivity contribution in [2.45, 2.75) is 18.5 Å². The summed E-state index contributed by atoms with van der Waals surface area (Å²) >= 11 is 0. The van der Waals surface area contributed by atoms with Gasteiger partial charge in [-0.3, -0.25) is 9.69 Å². The van der Waals surface area contributed by atoms with Gasteiger partial charge in [-0.05, 0) is 22.3 Å². The Morgan fingerprint density at radius 2 is 1.74 bits per heavy atom. The molecule has 3 aromatic rings. The molecule has 1 aromatic heterocycles. The van der Waals surface area contributed by atoms with Gasteiger partial charge in [0.25, 0.3) is 5.91 Å². The fraction of sp³-hybridized carbons (Fsp3) is 0.280. The van der Waals surface area contributed by atoms with Crippen LogP contribution in [0.5, 0.6) is 0 Å². The summed E-state index contributed by atoms with van der Waals surface area (Å²) in [6.45, 7) is 0.608. The number of aromatic nitrogens is 2. The lowest BCUT2D eigenvalue weighted by Gasteiger charge is -2.23. The van der Waals surface area contributed by atoms with E-state index in [0.29, 0.717) is 6.54 Å². The molecule has 0 saturated carbocycles. The van der Waals surface area contributed by atoms with Gasteiger partial charge < -0.3 is 19.9 Å². The number of nitrogens with zero attached hydrogens (tertiary/aromatic N) is 3. The number of anilines is 1. The monoisotopic (exact) mass is 476 g/mol. The zero-order valence-corrected chi connectivity index (χ0v) is 19.0. The predicted octanol–water partition coefficient (Wildman–Crippen LogP) is 2.48. The normalized spacial score (nSPS) is 14.7. The second-order valence-corrected chi connectivity index (χ2v) is 8.38. The molecule has 2 heterocycles. The molecule has 0 saturated heterocycles. The molecule has 1 aliphatic carbocycles. The number of amides is 2. The van der Waals surface area contributed by atoms with E-state index in [-0.39, 0.29) is 37.1 Å². The van der Waals surface area contributed by atoms with Gasteiger partial charge in [-0.2, -0.15) is 5.10 Å². The number of rotatable bonds is 7. The maximum absolute atomic E-state index is 13.2. The first kappa shape index (κ1) is 22.6. The van der Waals surface area contributed by atoms with Crippen LogP contribution < -0.4 is 10.2 Å². The van der Waals surface area contributed by atoms with Crippen LogP contribution in [0.25, 0.3) is 11.1 Å². The topological polar surface area (TPSA) is 123 Å². The number of hydrogen-bond acceptors (Lipinski definition) is 6. The third kappa shape index (κ3) is 4.01. The highest BCUT2D eigenvalue weighted by Gasteiger charge is 2.36. The zero-order chi connectivity index (χ0) is 24.5. The molecule has 1 atom stereocenters. The molecular formula is C25H24N4O6. The van der Waals surface area contributed by atoms with Crippen LogP contribution in [0.4, 0.5) is 10.6 Å². The third-order valence-electron chi connectivity index (χ3n) is 6.37. The molecule has 10 nitrogen and oxygen atoms in total. The summed E-state index contributed by atoms with van der Waals surface area (Å²) in [6, 6.07) is 15.0. The number of carbonyl (C=O) groups is 3. The van der Waals surface area contributed by atoms with Crippen LogP contribution in [0, 0.1) is 0 Å². The summed E-state index contributed by atoms with van der Waals surface area (Å²) in [5.74, 6) is -1.60. The van der Waals surface area contributed by atoms with Gasteiger partial charge in [0.1, 0.15) is 24.0 Å². The first-order valence-corrected chi connectivity index (χ1v) is 11.2. The lowest BCUT2D eigenvalue weighted by molar-refractivity contribution is -0.121. The zero-order valence-electron chi connectivity index (χ0n) is 19.0. The van der Waals surface area contributed by atoms with Crippen molar-refractivity contribution in [1.29, 1.82) is 0 Å². The van der Waals surface area contributed by atoms with E-state index in [2.05, 4.69) is 10.4 Å². The molecule has 10 heteroatoms. The van der Waals surface area contributed by atoms with Crippen molar-refractivity contribution < 1.29 is 29.0 Å². The lowest BCUT2D eigenvalue weighted by atomic mass is 9.98. The van der Waals surface area contributed by atoms with Crippen LogP contribution in [0.3, 0.4) is 0 Å². The molecule has 35 heavy (non-hydrogen) atoms. The average molecular weight is 476 g/mol. The van der Waals surface area contributed by atoms with Gasteiger partial charge in [-0.25, -0.2) is 14.3 Å². The molecule has 0 bridgehead atoms. The SMILES string of the molecule is COCC(NC(=O)OCC1c2ccccc2-c2ccccc21)C(=O)N1CCn2ncc(C(=O)O)c21. The van der Waals surface area contributed by atoms with Crippen molar-refractivity contribution in [2.24, 2.45) is 0 Å². The standard InChI is InChI=1S/C25H24N4O6/c1-34-14-21(23(30)28-10-11-29-22(28)19(12-26-29)24(31)32)27-25(33)35-13-20-17-8-4-2-6-15(17)16-7-3-5-9-18(16)20/h2-9,12,20-21H,10-11,13-14H2,1H3,(H,27,33)(H,31,32). The highest BCUT2D eigenvalue weighted by Crippen LogP contribution is 2.44. The minimum Gasteiger partial charge on any atom is -0.477 e. The van der Waals surface area contributed by atoms with E-state index >= 15 is 0 Å². The summed E-state index contributed by atoms with van der Waals surface area (Å²) in [5, 5.41) is 16.0. The Hall–Kier alpha value is -4.18. The number of nitrogens with one attached hydrogen (secondary N) is 1. The van der Waals surface area contributed by atoms with Gasteiger partial charge in [0.05, 0.1) is 19.3 Å². The molecule has 1 unspecified atom stereocenters. The highest BCUT2D eigenvalue weighted by atomic mass is 16.5. The number of fused-ring (bicyclic) bond motifs is 4. The molecular weight excluding hydrogens is 452 g/mol. The van der Waals surface area contributed by atoms with Gasteiger partial charge in [-0.15, -0.1) is 0 Å². The molecule has 0 fully saturated rings. The molecule has 5 rings (SSSR count). The number of methoxy groups -OCH3 is 1. The van der Waals surface area contributed by atoms with E-state index in [9.17, 15) is 19.5 Å². The number of ether oxygens (including phenoxy) is 2. The first-order valence-electron chi connectivity index (χ1n) is 11.2. The van der Waals surface area contributed by atoms with E-state index in [1.807, 2.05) is 48.5 Å². The Morgan fingerprint density at radius 1 is 1.09 bits per heavy atom. The van der Waals surface area contributed by atoms with Crippen molar-refractivity contribution in [1.82, 2.24) is 15.1 Å². The lowest BCUT2D eigenvalue weighted by Crippen LogP contribution is -2.51. The summed E-state index contributed by atoms with van der Waals surface area (Å²) in [4.78, 5) is 38.8. The quantitative estimate of drug-likeness (QED) is 0.537. The largest absolute Gasteiger partial charge is 0.477 e. The summed E-state index contributed by atoms with van der Waals surface area (Å²) in [6.07, 6.45) is 0.454. The third-order valence-corrected chi connectivity index (χ3v) is 6.37. The van der Waals surface area contributed by atoms with E-state index in [4.69, 9.17) is 9.47 Å². The number of alkyl carbamates (subject to hydrolysis) is 1. The second kappa shape index (κ2) is 9.22. The Morgan fingerprint density at radius 3 is 2.37 bits per heavy atom. The fourth-order valence-electron chi connectivity index (χ4n) is 4.81. The Bertz CT molecular complexity index is 1260. The molecule has 1 aliphatic heterocycles. The van der Waals surface area contributed by atoms with Crippen LogP contribution in [-0.4, -0.2) is 65.8 Å². The Kier molecular flexibility index (Phi) is 5.96. The van der Waals surface area contributed by atoms with Gasteiger partial charge in [0.2, 0.25) is 0 Å². The summed E-state index contributed by atoms with van der Waals surface area (Å²) < 4.78 is 12.2. The van der Waals surface area contributed by atoms with Crippen LogP contribution in [0.2, 0.25) is 0 Å². The number of benzene rings is 2. The summed E-state index contributed by atoms with van der Waals surface area (Å²) in [7, 11) is 1.41. The average Bonchev–Trinajstić information content (AvgIpc) is 3.54. The number of hydrogen-bond donors (Lipinski definition) is 2. The van der Waals surface area contributed by atoms with Crippen LogP contribution in [0.15, 0.2) is 54.7 Å². The van der Waals surface area contributed by atoms with Gasteiger partial charge >= 0.3 is 12.1 Å². The minimum absolute atomic E-state index is 0.0758. The van der Waals surface area contributed by atoms with Gasteiger partial charge in [0.15, 0.2) is 0 Å². The molecule has 2 amide bonds. The fourth-order valence-corrected chi connectivity index (χ4v) is 4.81. The van der Waals surface area contributed by atoms with Crippen molar-refractivity contribution >= 4 is 23.8 Å². The second-order valence-electron chi connectivity index (χ2n) is 8.38. The number of carboxylic acid groups (broad SMARTS) is 1. The van der Waals surface area contributed by atoms with Gasteiger partial charge in [0, 0.05) is 19.6 Å². The smallest absolute Gasteiger partial charge is 0.407 e. The Labute approximate surface area is 201 Å². The predicted molar refractivity (Wildman–Crippen MR) is 125 cm³/mol. The summed E-state index contributed by atoms with van der Waals surface area (Å²) in [5.41, 5.74) is 4.32. The van der Waals surface area contributed by atoms with Crippen LogP contribution >= 0.6 is 0 Å². The van der Waals surface area contributed by atoms with E-state index in [1.54, 1.807) is 0 Å².